The molecule has 106 valence electrons. The van der Waals surface area contributed by atoms with Gasteiger partial charge in [0.05, 0.1) is 10.2 Å². The lowest BCUT2D eigenvalue weighted by atomic mass is 9.91. The van der Waals surface area contributed by atoms with E-state index in [4.69, 9.17) is 4.98 Å². The van der Waals surface area contributed by atoms with Gasteiger partial charge in [0, 0.05) is 32.2 Å². The van der Waals surface area contributed by atoms with Crippen molar-refractivity contribution in [2.75, 3.05) is 31.1 Å². The molecule has 2 fully saturated rings. The van der Waals surface area contributed by atoms with Crippen molar-refractivity contribution in [1.29, 1.82) is 0 Å². The van der Waals surface area contributed by atoms with Gasteiger partial charge in [0.25, 0.3) is 0 Å². The lowest BCUT2D eigenvalue weighted by Gasteiger charge is -2.42. The largest absolute Gasteiger partial charge is 0.345 e. The first-order valence-corrected chi connectivity index (χ1v) is 8.47. The molecule has 0 spiro atoms. The van der Waals surface area contributed by atoms with Gasteiger partial charge in [-0.05, 0) is 37.5 Å². The Morgan fingerprint density at radius 2 is 1.95 bits per heavy atom. The summed E-state index contributed by atoms with van der Waals surface area (Å²) >= 11 is 1.84. The van der Waals surface area contributed by atoms with Gasteiger partial charge in [0.15, 0.2) is 5.13 Å². The minimum atomic E-state index is 0.884. The SMILES string of the molecule is Cc1ccc2nc(N3CCN(C4CCC4)CC3)sc2c1. The molecule has 0 unspecified atom stereocenters. The fourth-order valence-electron chi connectivity index (χ4n) is 3.19. The Kier molecular flexibility index (Phi) is 3.15. The van der Waals surface area contributed by atoms with Gasteiger partial charge in [-0.3, -0.25) is 4.90 Å². The summed E-state index contributed by atoms with van der Waals surface area (Å²) in [7, 11) is 0. The maximum atomic E-state index is 4.81. The quantitative estimate of drug-likeness (QED) is 0.845. The van der Waals surface area contributed by atoms with E-state index in [-0.39, 0.29) is 0 Å². The molecular formula is C16H21N3S. The lowest BCUT2D eigenvalue weighted by molar-refractivity contribution is 0.120. The van der Waals surface area contributed by atoms with Gasteiger partial charge in [0.1, 0.15) is 0 Å². The van der Waals surface area contributed by atoms with Crippen molar-refractivity contribution >= 4 is 26.7 Å². The zero-order chi connectivity index (χ0) is 13.5. The van der Waals surface area contributed by atoms with Crippen molar-refractivity contribution in [3.8, 4) is 0 Å². The van der Waals surface area contributed by atoms with Gasteiger partial charge in [-0.15, -0.1) is 0 Å². The van der Waals surface area contributed by atoms with E-state index in [1.165, 1.54) is 47.7 Å². The highest BCUT2D eigenvalue weighted by atomic mass is 32.1. The number of fused-ring (bicyclic) bond motifs is 1. The zero-order valence-electron chi connectivity index (χ0n) is 12.0. The summed E-state index contributed by atoms with van der Waals surface area (Å²) in [5, 5.41) is 1.21. The number of aryl methyl sites for hydroxylation is 1. The number of piperazine rings is 1. The van der Waals surface area contributed by atoms with Crippen LogP contribution in [0.25, 0.3) is 10.2 Å². The predicted molar refractivity (Wildman–Crippen MR) is 85.8 cm³/mol. The minimum Gasteiger partial charge on any atom is -0.345 e. The molecule has 2 heterocycles. The molecule has 1 saturated heterocycles. The molecule has 4 rings (SSSR count). The van der Waals surface area contributed by atoms with Gasteiger partial charge in [-0.2, -0.15) is 0 Å². The number of rotatable bonds is 2. The normalized spacial score (nSPS) is 21.4. The maximum absolute atomic E-state index is 4.81. The van der Waals surface area contributed by atoms with Crippen LogP contribution in [0, 0.1) is 6.92 Å². The highest BCUT2D eigenvalue weighted by Crippen LogP contribution is 2.31. The van der Waals surface area contributed by atoms with Crippen molar-refractivity contribution in [3.05, 3.63) is 23.8 Å². The van der Waals surface area contributed by atoms with Crippen molar-refractivity contribution < 1.29 is 0 Å². The summed E-state index contributed by atoms with van der Waals surface area (Å²) in [5.41, 5.74) is 2.47. The van der Waals surface area contributed by atoms with Crippen LogP contribution in [-0.4, -0.2) is 42.1 Å². The van der Waals surface area contributed by atoms with E-state index in [0.717, 1.165) is 24.6 Å². The van der Waals surface area contributed by atoms with Crippen molar-refractivity contribution in [2.45, 2.75) is 32.2 Å². The first-order valence-electron chi connectivity index (χ1n) is 7.66. The van der Waals surface area contributed by atoms with Crippen LogP contribution < -0.4 is 4.90 Å². The van der Waals surface area contributed by atoms with Crippen LogP contribution in [0.15, 0.2) is 18.2 Å². The number of thiazole rings is 1. The molecule has 0 bridgehead atoms. The van der Waals surface area contributed by atoms with Gasteiger partial charge in [-0.1, -0.05) is 23.8 Å². The Morgan fingerprint density at radius 1 is 1.15 bits per heavy atom. The molecule has 1 aromatic carbocycles. The van der Waals surface area contributed by atoms with Crippen molar-refractivity contribution in [3.63, 3.8) is 0 Å². The smallest absolute Gasteiger partial charge is 0.186 e. The molecule has 1 aromatic heterocycles. The minimum absolute atomic E-state index is 0.884. The van der Waals surface area contributed by atoms with Crippen LogP contribution in [0.4, 0.5) is 5.13 Å². The molecule has 3 nitrogen and oxygen atoms in total. The van der Waals surface area contributed by atoms with E-state index in [1.54, 1.807) is 0 Å². The van der Waals surface area contributed by atoms with Crippen LogP contribution in [0.5, 0.6) is 0 Å². The molecule has 0 amide bonds. The number of benzene rings is 1. The molecular weight excluding hydrogens is 266 g/mol. The van der Waals surface area contributed by atoms with E-state index >= 15 is 0 Å². The van der Waals surface area contributed by atoms with Crippen LogP contribution in [-0.2, 0) is 0 Å². The number of aromatic nitrogens is 1. The predicted octanol–water partition coefficient (Wildman–Crippen LogP) is 3.28. The van der Waals surface area contributed by atoms with Gasteiger partial charge < -0.3 is 4.90 Å². The Balaban J connectivity index is 1.49. The summed E-state index contributed by atoms with van der Waals surface area (Å²) in [4.78, 5) is 9.95. The van der Waals surface area contributed by atoms with Crippen LogP contribution in [0.2, 0.25) is 0 Å². The van der Waals surface area contributed by atoms with Gasteiger partial charge in [0.2, 0.25) is 0 Å². The average Bonchev–Trinajstić information content (AvgIpc) is 2.80. The highest BCUT2D eigenvalue weighted by Gasteiger charge is 2.28. The van der Waals surface area contributed by atoms with E-state index in [0.29, 0.717) is 0 Å². The third-order valence-corrected chi connectivity index (χ3v) is 5.79. The zero-order valence-corrected chi connectivity index (χ0v) is 12.8. The summed E-state index contributed by atoms with van der Waals surface area (Å²) in [6.45, 7) is 6.83. The fraction of sp³-hybridized carbons (Fsp3) is 0.562. The maximum Gasteiger partial charge on any atom is 0.186 e. The number of hydrogen-bond acceptors (Lipinski definition) is 4. The first-order chi connectivity index (χ1) is 9.79. The van der Waals surface area contributed by atoms with E-state index in [9.17, 15) is 0 Å². The van der Waals surface area contributed by atoms with Crippen molar-refractivity contribution in [1.82, 2.24) is 9.88 Å². The molecule has 0 atom stereocenters. The van der Waals surface area contributed by atoms with Crippen LogP contribution in [0.3, 0.4) is 0 Å². The standard InChI is InChI=1S/C16H21N3S/c1-12-5-6-14-15(11-12)20-16(17-14)19-9-7-18(8-10-19)13-3-2-4-13/h5-6,11,13H,2-4,7-10H2,1H3. The molecule has 0 N–H and O–H groups in total. The average molecular weight is 287 g/mol. The molecule has 20 heavy (non-hydrogen) atoms. The van der Waals surface area contributed by atoms with Gasteiger partial charge >= 0.3 is 0 Å². The third kappa shape index (κ3) is 2.21. The molecule has 2 aromatic rings. The van der Waals surface area contributed by atoms with Gasteiger partial charge in [-0.25, -0.2) is 4.98 Å². The number of hydrogen-bond donors (Lipinski definition) is 0. The highest BCUT2D eigenvalue weighted by molar-refractivity contribution is 7.22. The topological polar surface area (TPSA) is 19.4 Å². The third-order valence-electron chi connectivity index (χ3n) is 4.71. The number of anilines is 1. The van der Waals surface area contributed by atoms with Crippen molar-refractivity contribution in [2.24, 2.45) is 0 Å². The molecule has 1 saturated carbocycles. The Morgan fingerprint density at radius 3 is 2.65 bits per heavy atom. The summed E-state index contributed by atoms with van der Waals surface area (Å²) in [6, 6.07) is 7.44. The van der Waals surface area contributed by atoms with Crippen LogP contribution in [0.1, 0.15) is 24.8 Å². The van der Waals surface area contributed by atoms with Crippen LogP contribution >= 0.6 is 11.3 Å². The lowest BCUT2D eigenvalue weighted by Crippen LogP contribution is -2.52. The molecule has 4 heteroatoms. The molecule has 1 aliphatic heterocycles. The second-order valence-corrected chi connectivity index (χ2v) is 7.08. The molecule has 2 aliphatic rings. The van der Waals surface area contributed by atoms with E-state index in [2.05, 4.69) is 34.9 Å². The fourth-order valence-corrected chi connectivity index (χ4v) is 4.30. The summed E-state index contributed by atoms with van der Waals surface area (Å²) in [5.74, 6) is 0. The van der Waals surface area contributed by atoms with E-state index < -0.39 is 0 Å². The Labute approximate surface area is 124 Å². The Bertz CT molecular complexity index is 609. The summed E-state index contributed by atoms with van der Waals surface area (Å²) in [6.07, 6.45) is 4.27. The molecule has 0 radical (unpaired) electrons. The summed E-state index contributed by atoms with van der Waals surface area (Å²) < 4.78 is 1.32. The molecule has 1 aliphatic carbocycles. The number of nitrogens with zero attached hydrogens (tertiary/aromatic N) is 3. The second-order valence-electron chi connectivity index (χ2n) is 6.08. The first kappa shape index (κ1) is 12.6. The monoisotopic (exact) mass is 287 g/mol. The second kappa shape index (κ2) is 5.01. The Hall–Kier alpha value is -1.13. The van der Waals surface area contributed by atoms with E-state index in [1.807, 2.05) is 11.3 Å².